The van der Waals surface area contributed by atoms with Gasteiger partial charge in [-0.2, -0.15) is 0 Å². The van der Waals surface area contributed by atoms with Crippen LogP contribution in [0.1, 0.15) is 6.42 Å². The van der Waals surface area contributed by atoms with Crippen LogP contribution >= 0.6 is 0 Å². The van der Waals surface area contributed by atoms with Crippen LogP contribution < -0.4 is 5.32 Å². The number of hydrogen-bond acceptors (Lipinski definition) is 4. The molecule has 0 aromatic rings. The highest BCUT2D eigenvalue weighted by atomic mass is 16.5. The third-order valence-corrected chi connectivity index (χ3v) is 3.27. The monoisotopic (exact) mass is 257 g/mol. The van der Waals surface area contributed by atoms with Gasteiger partial charge in [-0.25, -0.2) is 4.79 Å². The Morgan fingerprint density at radius 2 is 2.11 bits per heavy atom. The molecule has 2 rings (SSSR count). The Morgan fingerprint density at radius 3 is 2.78 bits per heavy atom. The Morgan fingerprint density at radius 1 is 1.39 bits per heavy atom. The minimum atomic E-state index is -0.879. The van der Waals surface area contributed by atoms with Crippen molar-refractivity contribution >= 4 is 12.0 Å². The highest BCUT2D eigenvalue weighted by Gasteiger charge is 2.30. The highest BCUT2D eigenvalue weighted by molar-refractivity contribution is 5.78. The van der Waals surface area contributed by atoms with Crippen molar-refractivity contribution in [2.75, 3.05) is 45.9 Å². The lowest BCUT2D eigenvalue weighted by Crippen LogP contribution is -2.42. The standard InChI is InChI=1S/C11H19N3O4/c15-10(16)7-9-8-14(11(17)12-9)2-1-13-3-5-18-6-4-13/h9H,1-8H2,(H,12,17)(H,15,16). The van der Waals surface area contributed by atoms with Gasteiger partial charge < -0.3 is 20.1 Å². The number of carbonyl (C=O) groups excluding carboxylic acids is 1. The molecule has 0 aromatic heterocycles. The van der Waals surface area contributed by atoms with Crippen molar-refractivity contribution in [2.45, 2.75) is 12.5 Å². The Hall–Kier alpha value is -1.34. The van der Waals surface area contributed by atoms with E-state index >= 15 is 0 Å². The summed E-state index contributed by atoms with van der Waals surface area (Å²) in [6.07, 6.45) is -0.0141. The van der Waals surface area contributed by atoms with Crippen LogP contribution in [-0.2, 0) is 9.53 Å². The van der Waals surface area contributed by atoms with Crippen LogP contribution in [0.5, 0.6) is 0 Å². The average molecular weight is 257 g/mol. The first kappa shape index (κ1) is 13.1. The maximum absolute atomic E-state index is 11.6. The smallest absolute Gasteiger partial charge is 0.317 e. The van der Waals surface area contributed by atoms with E-state index in [1.54, 1.807) is 4.90 Å². The first-order chi connectivity index (χ1) is 8.65. The molecule has 2 N–H and O–H groups in total. The molecule has 0 aliphatic carbocycles. The number of aliphatic carboxylic acids is 1. The summed E-state index contributed by atoms with van der Waals surface area (Å²) in [5, 5.41) is 11.4. The second-order valence-electron chi connectivity index (χ2n) is 4.64. The Kier molecular flexibility index (Phi) is 4.38. The van der Waals surface area contributed by atoms with Gasteiger partial charge in [0.25, 0.3) is 0 Å². The van der Waals surface area contributed by atoms with Crippen molar-refractivity contribution in [1.29, 1.82) is 0 Å². The molecule has 2 aliphatic heterocycles. The number of urea groups is 1. The molecule has 2 fully saturated rings. The summed E-state index contributed by atoms with van der Waals surface area (Å²) in [4.78, 5) is 26.1. The molecule has 0 saturated carbocycles. The molecule has 1 atom stereocenters. The lowest BCUT2D eigenvalue weighted by Gasteiger charge is -2.28. The van der Waals surface area contributed by atoms with Gasteiger partial charge in [-0.15, -0.1) is 0 Å². The van der Waals surface area contributed by atoms with E-state index in [9.17, 15) is 9.59 Å². The van der Waals surface area contributed by atoms with Crippen LogP contribution in [0.2, 0.25) is 0 Å². The van der Waals surface area contributed by atoms with Crippen molar-refractivity contribution in [2.24, 2.45) is 0 Å². The van der Waals surface area contributed by atoms with E-state index in [1.807, 2.05) is 0 Å². The molecule has 7 heteroatoms. The molecule has 18 heavy (non-hydrogen) atoms. The summed E-state index contributed by atoms with van der Waals surface area (Å²) in [6.45, 7) is 5.22. The number of nitrogens with one attached hydrogen (secondary N) is 1. The minimum absolute atomic E-state index is 0.0141. The minimum Gasteiger partial charge on any atom is -0.481 e. The normalized spacial score (nSPS) is 25.2. The number of carbonyl (C=O) groups is 2. The van der Waals surface area contributed by atoms with Gasteiger partial charge in [-0.1, -0.05) is 0 Å². The Bertz CT molecular complexity index is 317. The van der Waals surface area contributed by atoms with Crippen LogP contribution in [0.15, 0.2) is 0 Å². The van der Waals surface area contributed by atoms with E-state index in [0.29, 0.717) is 13.1 Å². The average Bonchev–Trinajstić information content (AvgIpc) is 2.67. The fourth-order valence-corrected chi connectivity index (χ4v) is 2.27. The zero-order chi connectivity index (χ0) is 13.0. The molecule has 2 amide bonds. The van der Waals surface area contributed by atoms with Gasteiger partial charge in [0, 0.05) is 32.7 Å². The second-order valence-corrected chi connectivity index (χ2v) is 4.64. The van der Waals surface area contributed by atoms with Gasteiger partial charge in [0.15, 0.2) is 0 Å². The second kappa shape index (κ2) is 6.01. The predicted molar refractivity (Wildman–Crippen MR) is 63.4 cm³/mol. The van der Waals surface area contributed by atoms with E-state index in [-0.39, 0.29) is 18.5 Å². The van der Waals surface area contributed by atoms with Crippen molar-refractivity contribution in [3.63, 3.8) is 0 Å². The molecule has 1 unspecified atom stereocenters. The highest BCUT2D eigenvalue weighted by Crippen LogP contribution is 2.07. The van der Waals surface area contributed by atoms with Crippen molar-refractivity contribution < 1.29 is 19.4 Å². The molecule has 7 nitrogen and oxygen atoms in total. The van der Waals surface area contributed by atoms with Crippen LogP contribution in [0.4, 0.5) is 4.79 Å². The number of carboxylic acid groups (broad SMARTS) is 1. The lowest BCUT2D eigenvalue weighted by atomic mass is 10.2. The maximum Gasteiger partial charge on any atom is 0.317 e. The van der Waals surface area contributed by atoms with E-state index in [1.165, 1.54) is 0 Å². The topological polar surface area (TPSA) is 82.1 Å². The van der Waals surface area contributed by atoms with Gasteiger partial charge >= 0.3 is 12.0 Å². The Balaban J connectivity index is 1.72. The fraction of sp³-hybridized carbons (Fsp3) is 0.818. The third-order valence-electron chi connectivity index (χ3n) is 3.27. The molecule has 0 aromatic carbocycles. The summed E-state index contributed by atoms with van der Waals surface area (Å²) in [5.74, 6) is -0.879. The number of rotatable bonds is 5. The molecule has 102 valence electrons. The van der Waals surface area contributed by atoms with Gasteiger partial charge in [0.05, 0.1) is 25.7 Å². The fourth-order valence-electron chi connectivity index (χ4n) is 2.27. The SMILES string of the molecule is O=C(O)CC1CN(CCN2CCOCC2)C(=O)N1. The van der Waals surface area contributed by atoms with Gasteiger partial charge in [0.1, 0.15) is 0 Å². The van der Waals surface area contributed by atoms with Crippen LogP contribution in [0.25, 0.3) is 0 Å². The van der Waals surface area contributed by atoms with Gasteiger partial charge in [-0.05, 0) is 0 Å². The zero-order valence-corrected chi connectivity index (χ0v) is 10.3. The molecule has 2 saturated heterocycles. The maximum atomic E-state index is 11.6. The predicted octanol–water partition coefficient (Wildman–Crippen LogP) is -0.813. The quantitative estimate of drug-likeness (QED) is 0.673. The van der Waals surface area contributed by atoms with Gasteiger partial charge in [-0.3, -0.25) is 9.69 Å². The molecule has 2 aliphatic rings. The van der Waals surface area contributed by atoms with E-state index in [0.717, 1.165) is 32.8 Å². The van der Waals surface area contributed by atoms with Gasteiger partial charge in [0.2, 0.25) is 0 Å². The van der Waals surface area contributed by atoms with Crippen molar-refractivity contribution in [3.8, 4) is 0 Å². The van der Waals surface area contributed by atoms with Crippen LogP contribution in [0.3, 0.4) is 0 Å². The molecular formula is C11H19N3O4. The van der Waals surface area contributed by atoms with Crippen molar-refractivity contribution in [1.82, 2.24) is 15.1 Å². The summed E-state index contributed by atoms with van der Waals surface area (Å²) in [6, 6.07) is -0.422. The number of morpholine rings is 1. The summed E-state index contributed by atoms with van der Waals surface area (Å²) >= 11 is 0. The van der Waals surface area contributed by atoms with E-state index in [4.69, 9.17) is 9.84 Å². The summed E-state index contributed by atoms with van der Waals surface area (Å²) in [5.41, 5.74) is 0. The first-order valence-corrected chi connectivity index (χ1v) is 6.22. The first-order valence-electron chi connectivity index (χ1n) is 6.22. The number of hydrogen-bond donors (Lipinski definition) is 2. The molecule has 2 heterocycles. The molecule has 0 bridgehead atoms. The van der Waals surface area contributed by atoms with E-state index in [2.05, 4.69) is 10.2 Å². The molecular weight excluding hydrogens is 238 g/mol. The number of carboxylic acids is 1. The Labute approximate surface area is 106 Å². The van der Waals surface area contributed by atoms with Crippen molar-refractivity contribution in [3.05, 3.63) is 0 Å². The summed E-state index contributed by atoms with van der Waals surface area (Å²) < 4.78 is 5.25. The molecule has 0 radical (unpaired) electrons. The van der Waals surface area contributed by atoms with Crippen LogP contribution in [-0.4, -0.2) is 78.9 Å². The molecule has 0 spiro atoms. The number of ether oxygens (including phenoxy) is 1. The largest absolute Gasteiger partial charge is 0.481 e. The number of amides is 2. The summed E-state index contributed by atoms with van der Waals surface area (Å²) in [7, 11) is 0. The number of nitrogens with zero attached hydrogens (tertiary/aromatic N) is 2. The van der Waals surface area contributed by atoms with E-state index < -0.39 is 5.97 Å². The lowest BCUT2D eigenvalue weighted by molar-refractivity contribution is -0.137. The third kappa shape index (κ3) is 3.58. The zero-order valence-electron chi connectivity index (χ0n) is 10.3. The van der Waals surface area contributed by atoms with Crippen LogP contribution in [0, 0.1) is 0 Å².